The van der Waals surface area contributed by atoms with E-state index >= 15 is 0 Å². The van der Waals surface area contributed by atoms with Crippen LogP contribution < -0.4 is 5.11 Å². The molecule has 0 aliphatic heterocycles. The molecule has 0 N–H and O–H groups in total. The molecule has 0 spiro atoms. The molecule has 0 saturated carbocycles. The van der Waals surface area contributed by atoms with E-state index in [1.807, 2.05) is 21.1 Å². The lowest BCUT2D eigenvalue weighted by Crippen LogP contribution is -2.44. The maximum atomic E-state index is 13.0. The molecule has 0 radical (unpaired) electrons. The summed E-state index contributed by atoms with van der Waals surface area (Å²) < 4.78 is 22.9. The number of esters is 2. The van der Waals surface area contributed by atoms with E-state index in [4.69, 9.17) is 18.9 Å². The van der Waals surface area contributed by atoms with Crippen molar-refractivity contribution < 1.29 is 42.9 Å². The second-order valence-electron chi connectivity index (χ2n) is 27.7. The van der Waals surface area contributed by atoms with E-state index in [0.29, 0.717) is 17.4 Å². The normalized spacial score (nSPS) is 12.5. The summed E-state index contributed by atoms with van der Waals surface area (Å²) in [6.07, 6.45) is 79.4. The lowest BCUT2D eigenvalue weighted by atomic mass is 10.0. The van der Waals surface area contributed by atoms with Crippen LogP contribution in [-0.2, 0) is 33.3 Å². The van der Waals surface area contributed by atoms with E-state index < -0.39 is 24.3 Å². The van der Waals surface area contributed by atoms with Gasteiger partial charge in [0.05, 0.1) is 40.3 Å². The number of carboxylic acids is 1. The summed E-state index contributed by atoms with van der Waals surface area (Å²) in [6, 6.07) is 0. The molecule has 0 amide bonds. The molecule has 0 aliphatic carbocycles. The maximum Gasteiger partial charge on any atom is 0.306 e. The largest absolute Gasteiger partial charge is 0.545 e. The van der Waals surface area contributed by atoms with Gasteiger partial charge in [-0.15, -0.1) is 0 Å². The topological polar surface area (TPSA) is 111 Å². The van der Waals surface area contributed by atoms with Crippen LogP contribution in [0.2, 0.25) is 0 Å². The van der Waals surface area contributed by atoms with Gasteiger partial charge < -0.3 is 33.3 Å². The first-order valence-electron chi connectivity index (χ1n) is 38.2. The van der Waals surface area contributed by atoms with Gasteiger partial charge in [0.15, 0.2) is 12.4 Å². The number of likely N-dealkylation sites (N-methyl/N-ethyl adjacent to an activating group) is 1. The Balaban J connectivity index is 3.96. The quantitative estimate of drug-likeness (QED) is 0.0256. The second kappa shape index (κ2) is 68.2. The van der Waals surface area contributed by atoms with E-state index in [1.54, 1.807) is 0 Å². The molecule has 0 bridgehead atoms. The summed E-state index contributed by atoms with van der Waals surface area (Å²) in [5.41, 5.74) is 0. The molecule has 9 nitrogen and oxygen atoms in total. The van der Waals surface area contributed by atoms with Crippen LogP contribution in [0.5, 0.6) is 0 Å². The Labute approximate surface area is 530 Å². The zero-order valence-corrected chi connectivity index (χ0v) is 58.0. The van der Waals surface area contributed by atoms with Crippen LogP contribution in [-0.4, -0.2) is 82.3 Å². The molecule has 0 fully saturated rings. The van der Waals surface area contributed by atoms with Gasteiger partial charge in [0, 0.05) is 12.8 Å². The predicted molar refractivity (Wildman–Crippen MR) is 362 cm³/mol. The summed E-state index contributed by atoms with van der Waals surface area (Å²) >= 11 is 0. The number of unbranched alkanes of at least 4 members (excludes halogenated alkanes) is 58. The van der Waals surface area contributed by atoms with Gasteiger partial charge in [-0.1, -0.05) is 386 Å². The minimum Gasteiger partial charge on any atom is -0.545 e. The number of rotatable bonds is 73. The lowest BCUT2D eigenvalue weighted by Gasteiger charge is -2.26. The number of nitrogens with zero attached hydrogens (tertiary/aromatic N) is 1. The van der Waals surface area contributed by atoms with Crippen molar-refractivity contribution in [3.8, 4) is 0 Å². The Bertz CT molecular complexity index is 1350. The van der Waals surface area contributed by atoms with Gasteiger partial charge in [0.1, 0.15) is 13.2 Å². The number of hydrogen-bond donors (Lipinski definition) is 0. The number of aliphatic carboxylic acids is 1. The number of hydrogen-bond acceptors (Lipinski definition) is 8. The number of carbonyl (C=O) groups excluding carboxylic acids is 3. The average Bonchev–Trinajstić information content (AvgIpc) is 3.48. The fourth-order valence-electron chi connectivity index (χ4n) is 12.0. The Morgan fingerprint density at radius 3 is 0.753 bits per heavy atom. The van der Waals surface area contributed by atoms with Crippen LogP contribution in [0.25, 0.3) is 0 Å². The van der Waals surface area contributed by atoms with Crippen molar-refractivity contribution in [2.45, 2.75) is 424 Å². The number of quaternary nitrogens is 1. The molecule has 0 aromatic heterocycles. The zero-order chi connectivity index (χ0) is 61.9. The van der Waals surface area contributed by atoms with E-state index in [0.717, 1.165) is 38.5 Å². The Hall–Kier alpha value is -1.71. The van der Waals surface area contributed by atoms with Crippen molar-refractivity contribution in [2.24, 2.45) is 0 Å². The van der Waals surface area contributed by atoms with E-state index in [9.17, 15) is 19.5 Å². The summed E-state index contributed by atoms with van der Waals surface area (Å²) in [6.45, 7) is 4.85. The van der Waals surface area contributed by atoms with Crippen LogP contribution in [0.1, 0.15) is 412 Å². The average molecular weight is 1210 g/mol. The van der Waals surface area contributed by atoms with Gasteiger partial charge >= 0.3 is 11.9 Å². The van der Waals surface area contributed by atoms with Crippen LogP contribution in [0.3, 0.4) is 0 Å². The summed E-state index contributed by atoms with van der Waals surface area (Å²) in [7, 11) is 5.95. The minimum absolute atomic E-state index is 0.154. The van der Waals surface area contributed by atoms with Gasteiger partial charge in [-0.25, -0.2) is 0 Å². The van der Waals surface area contributed by atoms with E-state index in [-0.39, 0.29) is 32.2 Å². The predicted octanol–water partition coefficient (Wildman–Crippen LogP) is 22.5. The highest BCUT2D eigenvalue weighted by Crippen LogP contribution is 2.20. The SMILES string of the molecule is CCCCCCCCCCCCCCCCCCCCCCCCCCCCCCCCCCCCCC(=O)OC(COC(=O)CCCCCCCCCCCCCCCCCCCCCCCCCCC)COC(OCC[N+](C)(C)C)C(=O)[O-]. The zero-order valence-electron chi connectivity index (χ0n) is 58.0. The third-order valence-electron chi connectivity index (χ3n) is 17.9. The van der Waals surface area contributed by atoms with Crippen LogP contribution in [0.15, 0.2) is 0 Å². The highest BCUT2D eigenvalue weighted by atomic mass is 16.7. The second-order valence-corrected chi connectivity index (χ2v) is 27.7. The van der Waals surface area contributed by atoms with Gasteiger partial charge in [0.25, 0.3) is 0 Å². The molecule has 0 aromatic rings. The highest BCUT2D eigenvalue weighted by molar-refractivity contribution is 5.70. The summed E-state index contributed by atoms with van der Waals surface area (Å²) in [4.78, 5) is 37.5. The molecule has 506 valence electrons. The Kier molecular flexibility index (Phi) is 66.8. The molecule has 0 aliphatic rings. The van der Waals surface area contributed by atoms with Crippen molar-refractivity contribution in [1.82, 2.24) is 0 Å². The molecule has 2 atom stereocenters. The third kappa shape index (κ3) is 69.6. The van der Waals surface area contributed by atoms with Crippen molar-refractivity contribution in [3.05, 3.63) is 0 Å². The smallest absolute Gasteiger partial charge is 0.306 e. The summed E-state index contributed by atoms with van der Waals surface area (Å²) in [5.74, 6) is -2.24. The molecular weight excluding hydrogens is 1050 g/mol. The van der Waals surface area contributed by atoms with Crippen molar-refractivity contribution in [3.63, 3.8) is 0 Å². The van der Waals surface area contributed by atoms with Gasteiger partial charge in [0.2, 0.25) is 0 Å². The number of carbonyl (C=O) groups is 3. The van der Waals surface area contributed by atoms with Gasteiger partial charge in [-0.05, 0) is 12.8 Å². The number of carboxylic acid groups (broad SMARTS) is 1. The molecule has 0 rings (SSSR count). The number of ether oxygens (including phenoxy) is 4. The fraction of sp³-hybridized carbons (Fsp3) is 0.961. The standard InChI is InChI=1S/C76H149NO8/c1-6-8-10-12-14-16-18-20-22-24-26-28-30-32-33-34-35-36-37-38-39-40-41-43-45-47-49-51-53-55-57-59-61-63-65-67-74(79)85-72(71-84-76(75(80)81)82-69-68-77(3,4)5)70-83-73(78)66-64-62-60-58-56-54-52-50-48-46-44-42-31-29-27-25-23-21-19-17-15-13-11-9-7-2/h72,76H,6-71H2,1-5H3. The fourth-order valence-corrected chi connectivity index (χ4v) is 12.0. The molecule has 85 heavy (non-hydrogen) atoms. The van der Waals surface area contributed by atoms with E-state index in [2.05, 4.69) is 13.8 Å². The van der Waals surface area contributed by atoms with Gasteiger partial charge in [-0.3, -0.25) is 9.59 Å². The van der Waals surface area contributed by atoms with Crippen molar-refractivity contribution >= 4 is 17.9 Å². The molecule has 2 unspecified atom stereocenters. The first-order chi connectivity index (χ1) is 41.6. The maximum absolute atomic E-state index is 13.0. The molecule has 9 heteroatoms. The first-order valence-corrected chi connectivity index (χ1v) is 38.2. The highest BCUT2D eigenvalue weighted by Gasteiger charge is 2.22. The Morgan fingerprint density at radius 2 is 0.529 bits per heavy atom. The lowest BCUT2D eigenvalue weighted by molar-refractivity contribution is -0.870. The monoisotopic (exact) mass is 1200 g/mol. The van der Waals surface area contributed by atoms with Crippen LogP contribution in [0.4, 0.5) is 0 Å². The Morgan fingerprint density at radius 1 is 0.306 bits per heavy atom. The molecule has 0 saturated heterocycles. The minimum atomic E-state index is -1.62. The first kappa shape index (κ1) is 83.3. The van der Waals surface area contributed by atoms with Crippen LogP contribution in [0, 0.1) is 0 Å². The van der Waals surface area contributed by atoms with E-state index in [1.165, 1.54) is 347 Å². The third-order valence-corrected chi connectivity index (χ3v) is 17.9. The van der Waals surface area contributed by atoms with Gasteiger partial charge in [-0.2, -0.15) is 0 Å². The van der Waals surface area contributed by atoms with Crippen molar-refractivity contribution in [1.29, 1.82) is 0 Å². The molecule has 0 aromatic carbocycles. The van der Waals surface area contributed by atoms with Crippen LogP contribution >= 0.6 is 0 Å². The molecule has 0 heterocycles. The van der Waals surface area contributed by atoms with Crippen molar-refractivity contribution in [2.75, 3.05) is 47.5 Å². The summed E-state index contributed by atoms with van der Waals surface area (Å²) in [5, 5.41) is 11.8. The molecular formula is C76H149NO8.